The molecule has 0 bridgehead atoms. The smallest absolute Gasteiger partial charge is 0.198 e. The summed E-state index contributed by atoms with van der Waals surface area (Å²) in [6, 6.07) is 7.06. The Kier molecular flexibility index (Phi) is 3.22. The zero-order chi connectivity index (χ0) is 11.4. The Hall–Kier alpha value is -1.81. The molecule has 2 rings (SSSR count). The SMILES string of the molecule is NCCc1cnc(Cc2cccc(O)c2)o1. The van der Waals surface area contributed by atoms with E-state index in [0.29, 0.717) is 25.3 Å². The van der Waals surface area contributed by atoms with Crippen molar-refractivity contribution >= 4 is 0 Å². The third kappa shape index (κ3) is 2.61. The Bertz CT molecular complexity index is 466. The number of aromatic hydroxyl groups is 1. The van der Waals surface area contributed by atoms with Crippen molar-refractivity contribution in [3.8, 4) is 5.75 Å². The number of phenols is 1. The number of nitrogens with zero attached hydrogens (tertiary/aromatic N) is 1. The average molecular weight is 218 g/mol. The molecule has 0 saturated heterocycles. The van der Waals surface area contributed by atoms with Crippen LogP contribution in [0.5, 0.6) is 5.75 Å². The summed E-state index contributed by atoms with van der Waals surface area (Å²) in [6.07, 6.45) is 2.98. The summed E-state index contributed by atoms with van der Waals surface area (Å²) in [5.74, 6) is 1.71. The first-order valence-electron chi connectivity index (χ1n) is 5.19. The predicted octanol–water partition coefficient (Wildman–Crippen LogP) is 1.47. The van der Waals surface area contributed by atoms with Crippen molar-refractivity contribution in [1.82, 2.24) is 4.98 Å². The zero-order valence-corrected chi connectivity index (χ0v) is 8.89. The van der Waals surface area contributed by atoms with Gasteiger partial charge in [0.2, 0.25) is 0 Å². The second-order valence-corrected chi connectivity index (χ2v) is 3.61. The van der Waals surface area contributed by atoms with Crippen molar-refractivity contribution in [2.24, 2.45) is 5.73 Å². The number of hydrogen-bond acceptors (Lipinski definition) is 4. The average Bonchev–Trinajstić information content (AvgIpc) is 2.66. The topological polar surface area (TPSA) is 72.3 Å². The number of benzene rings is 1. The van der Waals surface area contributed by atoms with Gasteiger partial charge < -0.3 is 15.3 Å². The van der Waals surface area contributed by atoms with Gasteiger partial charge in [-0.1, -0.05) is 12.1 Å². The molecule has 16 heavy (non-hydrogen) atoms. The van der Waals surface area contributed by atoms with Gasteiger partial charge in [-0.05, 0) is 24.2 Å². The third-order valence-corrected chi connectivity index (χ3v) is 2.26. The first kappa shape index (κ1) is 10.7. The molecule has 0 amide bonds. The predicted molar refractivity (Wildman–Crippen MR) is 60.2 cm³/mol. The molecule has 4 heteroatoms. The number of aromatic nitrogens is 1. The van der Waals surface area contributed by atoms with E-state index in [9.17, 15) is 5.11 Å². The summed E-state index contributed by atoms with van der Waals surface area (Å²) in [5.41, 5.74) is 6.39. The maximum Gasteiger partial charge on any atom is 0.198 e. The highest BCUT2D eigenvalue weighted by atomic mass is 16.4. The Morgan fingerprint density at radius 2 is 2.25 bits per heavy atom. The molecule has 0 fully saturated rings. The molecule has 0 saturated carbocycles. The van der Waals surface area contributed by atoms with Crippen LogP contribution in [0.3, 0.4) is 0 Å². The molecule has 1 aromatic carbocycles. The van der Waals surface area contributed by atoms with Gasteiger partial charge in [0.15, 0.2) is 5.89 Å². The molecule has 0 radical (unpaired) electrons. The van der Waals surface area contributed by atoms with Gasteiger partial charge in [-0.2, -0.15) is 0 Å². The molecule has 0 aliphatic heterocycles. The number of phenolic OH excluding ortho intramolecular Hbond substituents is 1. The fourth-order valence-corrected chi connectivity index (χ4v) is 1.53. The Morgan fingerprint density at radius 3 is 3.00 bits per heavy atom. The molecular weight excluding hydrogens is 204 g/mol. The monoisotopic (exact) mass is 218 g/mol. The minimum Gasteiger partial charge on any atom is -0.508 e. The lowest BCUT2D eigenvalue weighted by Crippen LogP contribution is -2.01. The first-order chi connectivity index (χ1) is 7.78. The van der Waals surface area contributed by atoms with E-state index >= 15 is 0 Å². The normalized spacial score (nSPS) is 10.6. The molecule has 0 aliphatic rings. The number of oxazole rings is 1. The zero-order valence-electron chi connectivity index (χ0n) is 8.89. The second-order valence-electron chi connectivity index (χ2n) is 3.61. The van der Waals surface area contributed by atoms with Gasteiger partial charge in [0.25, 0.3) is 0 Å². The summed E-state index contributed by atoms with van der Waals surface area (Å²) in [4.78, 5) is 4.16. The number of nitrogens with two attached hydrogens (primary N) is 1. The van der Waals surface area contributed by atoms with Crippen molar-refractivity contribution in [1.29, 1.82) is 0 Å². The summed E-state index contributed by atoms with van der Waals surface area (Å²) < 4.78 is 5.50. The summed E-state index contributed by atoms with van der Waals surface area (Å²) in [6.45, 7) is 0.556. The highest BCUT2D eigenvalue weighted by Crippen LogP contribution is 2.15. The molecule has 1 heterocycles. The van der Waals surface area contributed by atoms with Crippen molar-refractivity contribution in [2.45, 2.75) is 12.8 Å². The van der Waals surface area contributed by atoms with Gasteiger partial charge in [-0.15, -0.1) is 0 Å². The van der Waals surface area contributed by atoms with E-state index in [-0.39, 0.29) is 5.75 Å². The number of hydrogen-bond donors (Lipinski definition) is 2. The molecule has 84 valence electrons. The molecule has 0 atom stereocenters. The van der Waals surface area contributed by atoms with E-state index in [1.165, 1.54) is 0 Å². The quantitative estimate of drug-likeness (QED) is 0.815. The second kappa shape index (κ2) is 4.81. The van der Waals surface area contributed by atoms with E-state index in [1.807, 2.05) is 6.07 Å². The maximum absolute atomic E-state index is 9.31. The molecule has 0 unspecified atom stereocenters. The van der Waals surface area contributed by atoms with Gasteiger partial charge in [0.1, 0.15) is 11.5 Å². The van der Waals surface area contributed by atoms with E-state index in [0.717, 1.165) is 11.3 Å². The van der Waals surface area contributed by atoms with E-state index in [2.05, 4.69) is 4.98 Å². The Morgan fingerprint density at radius 1 is 1.38 bits per heavy atom. The van der Waals surface area contributed by atoms with Gasteiger partial charge in [0.05, 0.1) is 6.20 Å². The van der Waals surface area contributed by atoms with Crippen LogP contribution in [-0.4, -0.2) is 16.6 Å². The molecule has 2 aromatic rings. The van der Waals surface area contributed by atoms with Crippen LogP contribution >= 0.6 is 0 Å². The van der Waals surface area contributed by atoms with Crippen molar-refractivity contribution in [2.75, 3.05) is 6.54 Å². The fourth-order valence-electron chi connectivity index (χ4n) is 1.53. The largest absolute Gasteiger partial charge is 0.508 e. The standard InChI is InChI=1S/C12H14N2O2/c13-5-4-11-8-14-12(16-11)7-9-2-1-3-10(15)6-9/h1-3,6,8,15H,4-5,7,13H2. The van der Waals surface area contributed by atoms with Crippen LogP contribution in [0.15, 0.2) is 34.9 Å². The van der Waals surface area contributed by atoms with Crippen LogP contribution in [-0.2, 0) is 12.8 Å². The Balaban J connectivity index is 2.08. The minimum atomic E-state index is 0.256. The van der Waals surface area contributed by atoms with Crippen LogP contribution in [0, 0.1) is 0 Å². The van der Waals surface area contributed by atoms with Crippen LogP contribution in [0.1, 0.15) is 17.2 Å². The molecular formula is C12H14N2O2. The maximum atomic E-state index is 9.31. The minimum absolute atomic E-state index is 0.256. The van der Waals surface area contributed by atoms with Gasteiger partial charge in [-0.25, -0.2) is 4.98 Å². The molecule has 1 aromatic heterocycles. The summed E-state index contributed by atoms with van der Waals surface area (Å²) in [5, 5.41) is 9.31. The first-order valence-corrected chi connectivity index (χ1v) is 5.19. The lowest BCUT2D eigenvalue weighted by Gasteiger charge is -1.98. The lowest BCUT2D eigenvalue weighted by molar-refractivity contribution is 0.462. The molecule has 4 nitrogen and oxygen atoms in total. The highest BCUT2D eigenvalue weighted by Gasteiger charge is 2.04. The summed E-state index contributed by atoms with van der Waals surface area (Å²) >= 11 is 0. The van der Waals surface area contributed by atoms with Crippen LogP contribution < -0.4 is 5.73 Å². The van der Waals surface area contributed by atoms with E-state index in [4.69, 9.17) is 10.2 Å². The Labute approximate surface area is 93.7 Å². The van der Waals surface area contributed by atoms with Gasteiger partial charge in [0, 0.05) is 12.8 Å². The van der Waals surface area contributed by atoms with Crippen LogP contribution in [0.2, 0.25) is 0 Å². The van der Waals surface area contributed by atoms with Crippen molar-refractivity contribution < 1.29 is 9.52 Å². The van der Waals surface area contributed by atoms with E-state index in [1.54, 1.807) is 24.4 Å². The summed E-state index contributed by atoms with van der Waals surface area (Å²) in [7, 11) is 0. The lowest BCUT2D eigenvalue weighted by atomic mass is 10.1. The van der Waals surface area contributed by atoms with Crippen molar-refractivity contribution in [3.05, 3.63) is 47.7 Å². The molecule has 0 aliphatic carbocycles. The number of rotatable bonds is 4. The molecule has 3 N–H and O–H groups in total. The van der Waals surface area contributed by atoms with Crippen molar-refractivity contribution in [3.63, 3.8) is 0 Å². The van der Waals surface area contributed by atoms with E-state index < -0.39 is 0 Å². The van der Waals surface area contributed by atoms with Gasteiger partial charge in [-0.3, -0.25) is 0 Å². The third-order valence-electron chi connectivity index (χ3n) is 2.26. The molecule has 0 spiro atoms. The van der Waals surface area contributed by atoms with Gasteiger partial charge >= 0.3 is 0 Å². The van der Waals surface area contributed by atoms with Crippen LogP contribution in [0.25, 0.3) is 0 Å². The highest BCUT2D eigenvalue weighted by molar-refractivity contribution is 5.28. The van der Waals surface area contributed by atoms with Crippen LogP contribution in [0.4, 0.5) is 0 Å². The fraction of sp³-hybridized carbons (Fsp3) is 0.250.